The Balaban J connectivity index is 3.46. The number of benzene rings is 1. The minimum absolute atomic E-state index is 0.146. The minimum Gasteiger partial charge on any atom is -0.298 e. The summed E-state index contributed by atoms with van der Waals surface area (Å²) < 4.78 is 13.1. The van der Waals surface area contributed by atoms with Crippen molar-refractivity contribution in [1.82, 2.24) is 0 Å². The van der Waals surface area contributed by atoms with E-state index in [9.17, 15) is 14.0 Å². The normalized spacial score (nSPS) is 9.77. The Morgan fingerprint density at radius 1 is 1.46 bits per heavy atom. The van der Waals surface area contributed by atoms with Crippen molar-refractivity contribution in [2.24, 2.45) is 0 Å². The monoisotopic (exact) mass is 180 g/mol. The standard InChI is InChI=1S/C10H9FO2/c1-6-3-8(7(2)13)9(5-12)10(11)4-6/h3-5H,1-2H3. The summed E-state index contributed by atoms with van der Waals surface area (Å²) in [6.45, 7) is 2.98. The molecular weight excluding hydrogens is 171 g/mol. The van der Waals surface area contributed by atoms with E-state index in [0.29, 0.717) is 11.8 Å². The molecule has 1 aromatic rings. The molecule has 0 aromatic heterocycles. The number of carbonyl (C=O) groups excluding carboxylic acids is 2. The molecule has 0 bridgehead atoms. The summed E-state index contributed by atoms with van der Waals surface area (Å²) in [4.78, 5) is 21.5. The van der Waals surface area contributed by atoms with Crippen LogP contribution in [0.25, 0.3) is 0 Å². The summed E-state index contributed by atoms with van der Waals surface area (Å²) in [6, 6.07) is 2.74. The fraction of sp³-hybridized carbons (Fsp3) is 0.200. The van der Waals surface area contributed by atoms with E-state index >= 15 is 0 Å². The van der Waals surface area contributed by atoms with Crippen LogP contribution in [0.5, 0.6) is 0 Å². The Hall–Kier alpha value is -1.51. The highest BCUT2D eigenvalue weighted by Crippen LogP contribution is 2.14. The van der Waals surface area contributed by atoms with Crippen LogP contribution in [0, 0.1) is 12.7 Å². The van der Waals surface area contributed by atoms with Crippen LogP contribution in [0.15, 0.2) is 12.1 Å². The minimum atomic E-state index is -0.639. The summed E-state index contributed by atoms with van der Waals surface area (Å²) in [5, 5.41) is 0. The first-order valence-corrected chi connectivity index (χ1v) is 3.82. The van der Waals surface area contributed by atoms with E-state index in [1.54, 1.807) is 6.92 Å². The van der Waals surface area contributed by atoms with Crippen molar-refractivity contribution in [2.75, 3.05) is 0 Å². The van der Waals surface area contributed by atoms with Crippen molar-refractivity contribution >= 4 is 12.1 Å². The highest BCUT2D eigenvalue weighted by Gasteiger charge is 2.11. The van der Waals surface area contributed by atoms with Gasteiger partial charge in [-0.15, -0.1) is 0 Å². The molecule has 0 amide bonds. The van der Waals surface area contributed by atoms with Gasteiger partial charge in [-0.25, -0.2) is 4.39 Å². The highest BCUT2D eigenvalue weighted by atomic mass is 19.1. The molecule has 0 fully saturated rings. The lowest BCUT2D eigenvalue weighted by molar-refractivity contribution is 0.100. The SMILES string of the molecule is CC(=O)c1cc(C)cc(F)c1C=O. The van der Waals surface area contributed by atoms with Crippen LogP contribution in [-0.2, 0) is 0 Å². The van der Waals surface area contributed by atoms with Gasteiger partial charge in [-0.05, 0) is 31.5 Å². The summed E-state index contributed by atoms with van der Waals surface area (Å²) >= 11 is 0. The number of aldehydes is 1. The van der Waals surface area contributed by atoms with E-state index in [1.807, 2.05) is 0 Å². The second kappa shape index (κ2) is 3.47. The van der Waals surface area contributed by atoms with Crippen LogP contribution >= 0.6 is 0 Å². The van der Waals surface area contributed by atoms with Crippen LogP contribution in [0.3, 0.4) is 0 Å². The lowest BCUT2D eigenvalue weighted by atomic mass is 10.0. The largest absolute Gasteiger partial charge is 0.298 e. The fourth-order valence-corrected chi connectivity index (χ4v) is 1.16. The van der Waals surface area contributed by atoms with E-state index in [2.05, 4.69) is 0 Å². The zero-order chi connectivity index (χ0) is 10.0. The average Bonchev–Trinajstić information content (AvgIpc) is 2.02. The van der Waals surface area contributed by atoms with Gasteiger partial charge in [0.1, 0.15) is 5.82 Å². The zero-order valence-corrected chi connectivity index (χ0v) is 7.43. The summed E-state index contributed by atoms with van der Waals surface area (Å²) in [5.74, 6) is -0.940. The van der Waals surface area contributed by atoms with E-state index in [-0.39, 0.29) is 16.9 Å². The van der Waals surface area contributed by atoms with Gasteiger partial charge in [0, 0.05) is 5.56 Å². The van der Waals surface area contributed by atoms with Gasteiger partial charge in [0.05, 0.1) is 5.56 Å². The van der Waals surface area contributed by atoms with Crippen LogP contribution in [-0.4, -0.2) is 12.1 Å². The Morgan fingerprint density at radius 2 is 2.08 bits per heavy atom. The summed E-state index contributed by atoms with van der Waals surface area (Å²) in [7, 11) is 0. The molecule has 68 valence electrons. The molecule has 0 heterocycles. The maximum atomic E-state index is 13.1. The Morgan fingerprint density at radius 3 is 2.54 bits per heavy atom. The third-order valence-corrected chi connectivity index (χ3v) is 1.77. The maximum Gasteiger partial charge on any atom is 0.160 e. The Labute approximate surface area is 75.4 Å². The molecule has 0 spiro atoms. The number of aryl methyl sites for hydroxylation is 1. The van der Waals surface area contributed by atoms with Crippen LogP contribution in [0.1, 0.15) is 33.2 Å². The third-order valence-electron chi connectivity index (χ3n) is 1.77. The predicted octanol–water partition coefficient (Wildman–Crippen LogP) is 2.15. The first-order valence-electron chi connectivity index (χ1n) is 3.82. The molecule has 0 aliphatic rings. The van der Waals surface area contributed by atoms with Crippen molar-refractivity contribution in [1.29, 1.82) is 0 Å². The van der Waals surface area contributed by atoms with Crippen molar-refractivity contribution < 1.29 is 14.0 Å². The van der Waals surface area contributed by atoms with E-state index < -0.39 is 5.82 Å². The molecule has 0 N–H and O–H groups in total. The highest BCUT2D eigenvalue weighted by molar-refractivity contribution is 6.01. The van der Waals surface area contributed by atoms with Crippen LogP contribution < -0.4 is 0 Å². The summed E-state index contributed by atoms with van der Waals surface area (Å²) in [6.07, 6.45) is 0.367. The molecule has 13 heavy (non-hydrogen) atoms. The van der Waals surface area contributed by atoms with Gasteiger partial charge in [-0.2, -0.15) is 0 Å². The first-order chi connectivity index (χ1) is 6.06. The van der Waals surface area contributed by atoms with Gasteiger partial charge in [0.2, 0.25) is 0 Å². The van der Waals surface area contributed by atoms with E-state index in [0.717, 1.165) is 0 Å². The molecule has 0 aliphatic heterocycles. The van der Waals surface area contributed by atoms with E-state index in [1.165, 1.54) is 19.1 Å². The molecule has 0 atom stereocenters. The number of ketones is 1. The number of rotatable bonds is 2. The van der Waals surface area contributed by atoms with Crippen molar-refractivity contribution in [3.05, 3.63) is 34.6 Å². The quantitative estimate of drug-likeness (QED) is 0.516. The van der Waals surface area contributed by atoms with E-state index in [4.69, 9.17) is 0 Å². The second-order valence-corrected chi connectivity index (χ2v) is 2.88. The van der Waals surface area contributed by atoms with Crippen molar-refractivity contribution in [2.45, 2.75) is 13.8 Å². The predicted molar refractivity (Wildman–Crippen MR) is 46.5 cm³/mol. The Bertz CT molecular complexity index is 369. The topological polar surface area (TPSA) is 34.1 Å². The number of halogens is 1. The maximum absolute atomic E-state index is 13.1. The van der Waals surface area contributed by atoms with Gasteiger partial charge >= 0.3 is 0 Å². The number of hydrogen-bond acceptors (Lipinski definition) is 2. The van der Waals surface area contributed by atoms with Gasteiger partial charge in [0.25, 0.3) is 0 Å². The second-order valence-electron chi connectivity index (χ2n) is 2.88. The fourth-order valence-electron chi connectivity index (χ4n) is 1.16. The van der Waals surface area contributed by atoms with Crippen LogP contribution in [0.2, 0.25) is 0 Å². The van der Waals surface area contributed by atoms with Crippen molar-refractivity contribution in [3.63, 3.8) is 0 Å². The van der Waals surface area contributed by atoms with Crippen molar-refractivity contribution in [3.8, 4) is 0 Å². The zero-order valence-electron chi connectivity index (χ0n) is 7.43. The molecule has 0 saturated carbocycles. The average molecular weight is 180 g/mol. The summed E-state index contributed by atoms with van der Waals surface area (Å²) in [5.41, 5.74) is 0.624. The smallest absolute Gasteiger partial charge is 0.160 e. The van der Waals surface area contributed by atoms with Gasteiger partial charge < -0.3 is 0 Å². The van der Waals surface area contributed by atoms with Crippen LogP contribution in [0.4, 0.5) is 4.39 Å². The third kappa shape index (κ3) is 1.80. The molecule has 0 aliphatic carbocycles. The molecule has 0 radical (unpaired) electrons. The lowest BCUT2D eigenvalue weighted by Crippen LogP contribution is -2.02. The first kappa shape index (κ1) is 9.58. The Kier molecular flexibility index (Phi) is 2.56. The number of Topliss-reactive ketones (excluding diaryl/α,β-unsaturated/α-hetero) is 1. The lowest BCUT2D eigenvalue weighted by Gasteiger charge is -2.03. The molecule has 0 unspecified atom stereocenters. The molecule has 0 saturated heterocycles. The van der Waals surface area contributed by atoms with Gasteiger partial charge in [-0.1, -0.05) is 0 Å². The molecule has 1 aromatic carbocycles. The molecule has 3 heteroatoms. The number of hydrogen-bond donors (Lipinski definition) is 0. The van der Waals surface area contributed by atoms with Gasteiger partial charge in [-0.3, -0.25) is 9.59 Å². The van der Waals surface area contributed by atoms with Gasteiger partial charge in [0.15, 0.2) is 12.1 Å². The molecule has 2 nitrogen and oxygen atoms in total. The number of carbonyl (C=O) groups is 2. The molecular formula is C10H9FO2. The molecule has 1 rings (SSSR count).